The summed E-state index contributed by atoms with van der Waals surface area (Å²) in [5.74, 6) is 0. The summed E-state index contributed by atoms with van der Waals surface area (Å²) in [6.07, 6.45) is 0.632. The van der Waals surface area contributed by atoms with Crippen molar-refractivity contribution < 1.29 is 14.6 Å². The highest BCUT2D eigenvalue weighted by molar-refractivity contribution is 5.68. The van der Waals surface area contributed by atoms with Gasteiger partial charge in [-0.05, 0) is 48.0 Å². The summed E-state index contributed by atoms with van der Waals surface area (Å²) in [6, 6.07) is 0.199. The lowest BCUT2D eigenvalue weighted by molar-refractivity contribution is 0.0276. The summed E-state index contributed by atoms with van der Waals surface area (Å²) >= 11 is 0. The number of likely N-dealkylation sites (tertiary alicyclic amines) is 1. The fraction of sp³-hybridized carbons (Fsp3) is 0.929. The molecule has 0 aromatic carbocycles. The molecule has 5 nitrogen and oxygen atoms in total. The largest absolute Gasteiger partial charge is 0.444 e. The van der Waals surface area contributed by atoms with Crippen molar-refractivity contribution >= 4 is 6.09 Å². The number of rotatable bonds is 3. The minimum atomic E-state index is -0.765. The van der Waals surface area contributed by atoms with Gasteiger partial charge in [-0.3, -0.25) is 0 Å². The molecule has 0 aromatic rings. The van der Waals surface area contributed by atoms with Gasteiger partial charge in [0.25, 0.3) is 0 Å². The molecule has 1 rings (SSSR count). The molecule has 112 valence electrons. The Morgan fingerprint density at radius 1 is 1.37 bits per heavy atom. The van der Waals surface area contributed by atoms with Crippen LogP contribution in [0, 0.1) is 0 Å². The zero-order chi connectivity index (χ0) is 14.8. The monoisotopic (exact) mass is 272 g/mol. The topological polar surface area (TPSA) is 61.8 Å². The molecule has 0 bridgehead atoms. The van der Waals surface area contributed by atoms with E-state index in [-0.39, 0.29) is 18.2 Å². The maximum Gasteiger partial charge on any atom is 0.410 e. The molecule has 0 saturated carbocycles. The Balaban J connectivity index is 2.44. The summed E-state index contributed by atoms with van der Waals surface area (Å²) in [5.41, 5.74) is -1.22. The van der Waals surface area contributed by atoms with Gasteiger partial charge in [0.05, 0.1) is 5.60 Å². The number of nitrogens with zero attached hydrogens (tertiary/aromatic N) is 1. The Hall–Kier alpha value is -0.810. The maximum absolute atomic E-state index is 11.9. The van der Waals surface area contributed by atoms with E-state index in [4.69, 9.17) is 4.74 Å². The summed E-state index contributed by atoms with van der Waals surface area (Å²) in [5, 5.41) is 13.3. The summed E-state index contributed by atoms with van der Waals surface area (Å²) in [4.78, 5) is 13.6. The fourth-order valence-electron chi connectivity index (χ4n) is 1.95. The molecule has 1 aliphatic rings. The van der Waals surface area contributed by atoms with Gasteiger partial charge < -0.3 is 20.1 Å². The van der Waals surface area contributed by atoms with E-state index in [1.165, 1.54) is 0 Å². The van der Waals surface area contributed by atoms with E-state index in [0.29, 0.717) is 13.1 Å². The van der Waals surface area contributed by atoms with Gasteiger partial charge >= 0.3 is 6.09 Å². The molecule has 0 spiro atoms. The first-order chi connectivity index (χ1) is 8.49. The third kappa shape index (κ3) is 5.37. The van der Waals surface area contributed by atoms with Crippen molar-refractivity contribution in [3.63, 3.8) is 0 Å². The van der Waals surface area contributed by atoms with E-state index in [0.717, 1.165) is 6.42 Å². The minimum Gasteiger partial charge on any atom is -0.444 e. The molecule has 2 N–H and O–H groups in total. The van der Waals surface area contributed by atoms with Crippen molar-refractivity contribution in [2.45, 2.75) is 71.2 Å². The van der Waals surface area contributed by atoms with Crippen molar-refractivity contribution in [3.8, 4) is 0 Å². The van der Waals surface area contributed by atoms with Crippen LogP contribution in [0.25, 0.3) is 0 Å². The molecule has 19 heavy (non-hydrogen) atoms. The second kappa shape index (κ2) is 5.67. The number of aliphatic hydroxyl groups is 1. The van der Waals surface area contributed by atoms with Gasteiger partial charge in [0.2, 0.25) is 0 Å². The first-order valence-electron chi connectivity index (χ1n) is 6.95. The Labute approximate surface area is 116 Å². The zero-order valence-corrected chi connectivity index (χ0v) is 13.0. The van der Waals surface area contributed by atoms with Crippen LogP contribution in [-0.2, 0) is 4.74 Å². The van der Waals surface area contributed by atoms with E-state index in [2.05, 4.69) is 5.32 Å². The second-order valence-corrected chi connectivity index (χ2v) is 6.95. The number of amides is 1. The van der Waals surface area contributed by atoms with Gasteiger partial charge in [0.15, 0.2) is 0 Å². The highest BCUT2D eigenvalue weighted by atomic mass is 16.6. The third-order valence-electron chi connectivity index (χ3n) is 3.39. The van der Waals surface area contributed by atoms with E-state index >= 15 is 0 Å². The Kier molecular flexibility index (Phi) is 4.85. The number of nitrogens with one attached hydrogen (secondary N) is 1. The molecule has 1 heterocycles. The second-order valence-electron chi connectivity index (χ2n) is 6.95. The third-order valence-corrected chi connectivity index (χ3v) is 3.39. The lowest BCUT2D eigenvalue weighted by Gasteiger charge is -2.30. The molecule has 0 aliphatic carbocycles. The summed E-state index contributed by atoms with van der Waals surface area (Å²) < 4.78 is 5.35. The molecule has 1 amide bonds. The molecule has 0 radical (unpaired) electrons. The van der Waals surface area contributed by atoms with Gasteiger partial charge in [0, 0.05) is 25.2 Å². The van der Waals surface area contributed by atoms with Crippen LogP contribution in [-0.4, -0.2) is 52.5 Å². The van der Waals surface area contributed by atoms with Crippen LogP contribution in [0.3, 0.4) is 0 Å². The smallest absolute Gasteiger partial charge is 0.410 e. The fourth-order valence-corrected chi connectivity index (χ4v) is 1.95. The molecule has 1 fully saturated rings. The molecular formula is C14H28N2O3. The number of hydrogen-bond acceptors (Lipinski definition) is 4. The molecular weight excluding hydrogens is 244 g/mol. The van der Waals surface area contributed by atoms with Crippen molar-refractivity contribution in [2.24, 2.45) is 0 Å². The average molecular weight is 272 g/mol. The molecule has 1 saturated heterocycles. The van der Waals surface area contributed by atoms with E-state index in [9.17, 15) is 9.90 Å². The van der Waals surface area contributed by atoms with Crippen molar-refractivity contribution in [2.75, 3.05) is 13.1 Å². The predicted molar refractivity (Wildman–Crippen MR) is 75.1 cm³/mol. The van der Waals surface area contributed by atoms with Crippen LogP contribution in [0.4, 0.5) is 4.79 Å². The average Bonchev–Trinajstić information content (AvgIpc) is 2.62. The highest BCUT2D eigenvalue weighted by Gasteiger charge is 2.32. The molecule has 1 aliphatic heterocycles. The Bertz CT molecular complexity index is 318. The van der Waals surface area contributed by atoms with E-state index in [1.807, 2.05) is 27.7 Å². The van der Waals surface area contributed by atoms with Crippen LogP contribution in [0.5, 0.6) is 0 Å². The SMILES string of the molecule is CC(NC1CCN(C(=O)OC(C)(C)C)C1)C(C)(C)O. The number of carbonyl (C=O) groups excluding carboxylic acids is 1. The first kappa shape index (κ1) is 16.2. The molecule has 2 unspecified atom stereocenters. The quantitative estimate of drug-likeness (QED) is 0.821. The molecule has 5 heteroatoms. The van der Waals surface area contributed by atoms with Crippen LogP contribution in [0.1, 0.15) is 48.0 Å². The predicted octanol–water partition coefficient (Wildman–Crippen LogP) is 1.74. The maximum atomic E-state index is 11.9. The van der Waals surface area contributed by atoms with Gasteiger partial charge in [-0.1, -0.05) is 0 Å². The number of carbonyl (C=O) groups is 1. The summed E-state index contributed by atoms with van der Waals surface area (Å²) in [7, 11) is 0. The van der Waals surface area contributed by atoms with Crippen LogP contribution >= 0.6 is 0 Å². The number of ether oxygens (including phenoxy) is 1. The van der Waals surface area contributed by atoms with Crippen LogP contribution < -0.4 is 5.32 Å². The van der Waals surface area contributed by atoms with Crippen molar-refractivity contribution in [3.05, 3.63) is 0 Å². The van der Waals surface area contributed by atoms with Crippen molar-refractivity contribution in [1.82, 2.24) is 10.2 Å². The van der Waals surface area contributed by atoms with Gasteiger partial charge in [-0.25, -0.2) is 4.79 Å². The molecule has 2 atom stereocenters. The Morgan fingerprint density at radius 2 is 1.95 bits per heavy atom. The minimum absolute atomic E-state index is 0.0175. The zero-order valence-electron chi connectivity index (χ0n) is 13.0. The first-order valence-corrected chi connectivity index (χ1v) is 6.95. The molecule has 0 aromatic heterocycles. The highest BCUT2D eigenvalue weighted by Crippen LogP contribution is 2.17. The van der Waals surface area contributed by atoms with E-state index < -0.39 is 11.2 Å². The van der Waals surface area contributed by atoms with Crippen LogP contribution in [0.2, 0.25) is 0 Å². The van der Waals surface area contributed by atoms with Gasteiger partial charge in [0.1, 0.15) is 5.60 Å². The number of hydrogen-bond donors (Lipinski definition) is 2. The van der Waals surface area contributed by atoms with Crippen LogP contribution in [0.15, 0.2) is 0 Å². The van der Waals surface area contributed by atoms with Gasteiger partial charge in [-0.2, -0.15) is 0 Å². The standard InChI is InChI=1S/C14H28N2O3/c1-10(14(5,6)18)15-11-7-8-16(9-11)12(17)19-13(2,3)4/h10-11,15,18H,7-9H2,1-6H3. The Morgan fingerprint density at radius 3 is 2.42 bits per heavy atom. The normalized spacial score (nSPS) is 22.5. The summed E-state index contributed by atoms with van der Waals surface area (Å²) in [6.45, 7) is 12.5. The van der Waals surface area contributed by atoms with Crippen molar-refractivity contribution in [1.29, 1.82) is 0 Å². The van der Waals surface area contributed by atoms with E-state index in [1.54, 1.807) is 18.7 Å². The lowest BCUT2D eigenvalue weighted by Crippen LogP contribution is -2.50. The lowest BCUT2D eigenvalue weighted by atomic mass is 10.00. The van der Waals surface area contributed by atoms with Gasteiger partial charge in [-0.15, -0.1) is 0 Å².